The number of nitrogens with zero attached hydrogens (tertiary/aromatic N) is 2. The van der Waals surface area contributed by atoms with Gasteiger partial charge in [0.25, 0.3) is 0 Å². The second-order valence-electron chi connectivity index (χ2n) is 12.2. The average Bonchev–Trinajstić information content (AvgIpc) is 3.56. The first-order valence-corrected chi connectivity index (χ1v) is 14.4. The molecule has 0 bridgehead atoms. The van der Waals surface area contributed by atoms with Crippen LogP contribution < -0.4 is 10.1 Å². The number of aromatic nitrogens is 1. The molecule has 10 heteroatoms. The second-order valence-corrected chi connectivity index (χ2v) is 13.1. The summed E-state index contributed by atoms with van der Waals surface area (Å²) in [6.07, 6.45) is -1.22. The predicted molar refractivity (Wildman–Crippen MR) is 158 cm³/mol. The van der Waals surface area contributed by atoms with Crippen molar-refractivity contribution in [2.75, 3.05) is 6.54 Å². The van der Waals surface area contributed by atoms with Gasteiger partial charge in [-0.15, -0.1) is 11.3 Å². The number of likely N-dealkylation sites (tertiary alicyclic amines) is 1. The first-order valence-electron chi connectivity index (χ1n) is 13.5. The fraction of sp³-hybridized carbons (Fsp3) is 0.419. The molecule has 0 radical (unpaired) electrons. The van der Waals surface area contributed by atoms with E-state index in [-0.39, 0.29) is 13.0 Å². The van der Waals surface area contributed by atoms with Crippen molar-refractivity contribution < 1.29 is 29.0 Å². The number of benzene rings is 1. The van der Waals surface area contributed by atoms with E-state index in [0.717, 1.165) is 21.8 Å². The van der Waals surface area contributed by atoms with Gasteiger partial charge in [0.1, 0.15) is 29.5 Å². The molecule has 41 heavy (non-hydrogen) atoms. The Hall–Kier alpha value is -3.92. The van der Waals surface area contributed by atoms with Crippen LogP contribution in [0.1, 0.15) is 48.0 Å². The maximum absolute atomic E-state index is 13.8. The maximum Gasteiger partial charge on any atom is 0.408 e. The highest BCUT2D eigenvalue weighted by molar-refractivity contribution is 7.13. The number of rotatable bonds is 7. The lowest BCUT2D eigenvalue weighted by atomic mass is 9.85. The summed E-state index contributed by atoms with van der Waals surface area (Å²) in [5.74, 6) is -1.10. The molecule has 2 N–H and O–H groups in total. The van der Waals surface area contributed by atoms with Gasteiger partial charge in [0, 0.05) is 24.1 Å². The molecule has 0 aliphatic carbocycles. The normalized spacial score (nSPS) is 18.0. The molecule has 3 aromatic rings. The van der Waals surface area contributed by atoms with Gasteiger partial charge in [-0.05, 0) is 37.6 Å². The largest absolute Gasteiger partial charge is 0.488 e. The lowest BCUT2D eigenvalue weighted by molar-refractivity contribution is -0.150. The molecule has 1 fully saturated rings. The van der Waals surface area contributed by atoms with Crippen LogP contribution in [0.2, 0.25) is 0 Å². The summed E-state index contributed by atoms with van der Waals surface area (Å²) < 4.78 is 11.7. The Kier molecular flexibility index (Phi) is 8.72. The topological polar surface area (TPSA) is 118 Å². The molecule has 1 aliphatic rings. The standard InChI is InChI=1S/C31H37N3O6S/c1-30(2,3)26(33-29(38)40-31(4,5)6)27(35)34-18-21(17-24(34)28(36)37)39-20-15-22(19-11-8-7-9-12-19)32-23(16-20)25-13-10-14-41-25/h7-16,21,24,26H,17-18H2,1-6H3,(H,33,38)(H,36,37)/t21-,24+,26?/m1/s1. The Labute approximate surface area is 244 Å². The van der Waals surface area contributed by atoms with Crippen LogP contribution in [0, 0.1) is 5.41 Å². The number of thiophene rings is 1. The van der Waals surface area contributed by atoms with Gasteiger partial charge in [0.15, 0.2) is 0 Å². The molecule has 1 aliphatic heterocycles. The summed E-state index contributed by atoms with van der Waals surface area (Å²) in [6.45, 7) is 10.7. The van der Waals surface area contributed by atoms with Crippen molar-refractivity contribution in [3.8, 4) is 27.6 Å². The molecule has 218 valence electrons. The Morgan fingerprint density at radius 1 is 1.02 bits per heavy atom. The number of carbonyl (C=O) groups is 3. The summed E-state index contributed by atoms with van der Waals surface area (Å²) in [5, 5.41) is 14.7. The number of amides is 2. The molecular formula is C31H37N3O6S. The lowest BCUT2D eigenvalue weighted by Crippen LogP contribution is -2.57. The molecule has 2 aromatic heterocycles. The van der Waals surface area contributed by atoms with E-state index >= 15 is 0 Å². The zero-order chi connectivity index (χ0) is 29.9. The van der Waals surface area contributed by atoms with E-state index in [0.29, 0.717) is 5.75 Å². The molecular weight excluding hydrogens is 542 g/mol. The van der Waals surface area contributed by atoms with Gasteiger partial charge >= 0.3 is 12.1 Å². The van der Waals surface area contributed by atoms with Crippen molar-refractivity contribution in [1.29, 1.82) is 0 Å². The number of hydrogen-bond acceptors (Lipinski definition) is 7. The lowest BCUT2D eigenvalue weighted by Gasteiger charge is -2.35. The Balaban J connectivity index is 1.59. The summed E-state index contributed by atoms with van der Waals surface area (Å²) in [6, 6.07) is 15.2. The van der Waals surface area contributed by atoms with Crippen molar-refractivity contribution in [1.82, 2.24) is 15.2 Å². The molecule has 0 saturated carbocycles. The number of aliphatic carboxylic acids is 1. The van der Waals surface area contributed by atoms with Crippen molar-refractivity contribution in [2.24, 2.45) is 5.41 Å². The van der Waals surface area contributed by atoms with E-state index in [9.17, 15) is 19.5 Å². The van der Waals surface area contributed by atoms with E-state index < -0.39 is 47.2 Å². The zero-order valence-corrected chi connectivity index (χ0v) is 25.0. The van der Waals surface area contributed by atoms with Crippen LogP contribution in [0.3, 0.4) is 0 Å². The zero-order valence-electron chi connectivity index (χ0n) is 24.2. The first-order chi connectivity index (χ1) is 19.2. The molecule has 2 amide bonds. The monoisotopic (exact) mass is 579 g/mol. The quantitative estimate of drug-likeness (QED) is 0.361. The van der Waals surface area contributed by atoms with Crippen LogP contribution in [0.5, 0.6) is 5.75 Å². The highest BCUT2D eigenvalue weighted by Crippen LogP contribution is 2.33. The average molecular weight is 580 g/mol. The van der Waals surface area contributed by atoms with Crippen molar-refractivity contribution in [3.63, 3.8) is 0 Å². The molecule has 4 rings (SSSR count). The summed E-state index contributed by atoms with van der Waals surface area (Å²) in [7, 11) is 0. The minimum absolute atomic E-state index is 0.0513. The molecule has 1 aromatic carbocycles. The van der Waals surface area contributed by atoms with Crippen molar-refractivity contribution in [2.45, 2.75) is 71.8 Å². The number of pyridine rings is 1. The minimum Gasteiger partial charge on any atom is -0.488 e. The van der Waals surface area contributed by atoms with E-state index in [1.165, 1.54) is 4.90 Å². The molecule has 0 spiro atoms. The van der Waals surface area contributed by atoms with Crippen LogP contribution in [0.15, 0.2) is 60.0 Å². The first kappa shape index (κ1) is 30.0. The van der Waals surface area contributed by atoms with Crippen molar-refractivity contribution in [3.05, 3.63) is 60.0 Å². The SMILES string of the molecule is CC(C)(C)OC(=O)NC(C(=O)N1C[C@H](Oc2cc(-c3ccccc3)nc(-c3cccs3)c2)C[C@H]1C(=O)O)C(C)(C)C. The molecule has 1 saturated heterocycles. The van der Waals surface area contributed by atoms with E-state index in [4.69, 9.17) is 14.5 Å². The number of carboxylic acids is 1. The van der Waals surface area contributed by atoms with E-state index in [2.05, 4.69) is 5.32 Å². The number of carbonyl (C=O) groups excluding carboxylic acids is 2. The maximum atomic E-state index is 13.8. The molecule has 9 nitrogen and oxygen atoms in total. The van der Waals surface area contributed by atoms with Gasteiger partial charge in [-0.2, -0.15) is 0 Å². The number of alkyl carbamates (subject to hydrolysis) is 1. The van der Waals surface area contributed by atoms with Crippen molar-refractivity contribution >= 4 is 29.3 Å². The van der Waals surface area contributed by atoms with Crippen LogP contribution in [0.4, 0.5) is 4.79 Å². The summed E-state index contributed by atoms with van der Waals surface area (Å²) >= 11 is 1.56. The molecule has 3 heterocycles. The fourth-order valence-corrected chi connectivity index (χ4v) is 5.36. The van der Waals surface area contributed by atoms with Crippen LogP contribution >= 0.6 is 11.3 Å². The Bertz CT molecular complexity index is 1380. The second kappa shape index (κ2) is 11.9. The smallest absolute Gasteiger partial charge is 0.408 e. The van der Waals surface area contributed by atoms with E-state index in [1.54, 1.807) is 52.9 Å². The number of nitrogens with one attached hydrogen (secondary N) is 1. The predicted octanol–water partition coefficient (Wildman–Crippen LogP) is 5.85. The van der Waals surface area contributed by atoms with Gasteiger partial charge in [-0.3, -0.25) is 4.79 Å². The van der Waals surface area contributed by atoms with Crippen LogP contribution in [0.25, 0.3) is 21.8 Å². The van der Waals surface area contributed by atoms with E-state index in [1.807, 2.05) is 60.0 Å². The highest BCUT2D eigenvalue weighted by Gasteiger charge is 2.46. The third-order valence-electron chi connectivity index (χ3n) is 6.55. The molecule has 1 unspecified atom stereocenters. The van der Waals surface area contributed by atoms with Crippen LogP contribution in [-0.4, -0.2) is 63.3 Å². The number of carboxylic acid groups (broad SMARTS) is 1. The van der Waals surface area contributed by atoms with Crippen LogP contribution in [-0.2, 0) is 14.3 Å². The Morgan fingerprint density at radius 3 is 2.29 bits per heavy atom. The van der Waals surface area contributed by atoms with Gasteiger partial charge in [0.05, 0.1) is 22.8 Å². The number of hydrogen-bond donors (Lipinski definition) is 2. The Morgan fingerprint density at radius 2 is 1.71 bits per heavy atom. The number of ether oxygens (including phenoxy) is 2. The molecule has 3 atom stereocenters. The van der Waals surface area contributed by atoms with Gasteiger partial charge in [-0.1, -0.05) is 57.2 Å². The fourth-order valence-electron chi connectivity index (χ4n) is 4.67. The summed E-state index contributed by atoms with van der Waals surface area (Å²) in [5.41, 5.74) is 0.926. The summed E-state index contributed by atoms with van der Waals surface area (Å²) in [4.78, 5) is 45.7. The third kappa shape index (κ3) is 7.64. The minimum atomic E-state index is -1.13. The third-order valence-corrected chi connectivity index (χ3v) is 7.44. The van der Waals surface area contributed by atoms with Gasteiger partial charge < -0.3 is 24.8 Å². The van der Waals surface area contributed by atoms with Gasteiger partial charge in [-0.25, -0.2) is 14.6 Å². The van der Waals surface area contributed by atoms with Gasteiger partial charge in [0.2, 0.25) is 5.91 Å². The highest BCUT2D eigenvalue weighted by atomic mass is 32.1.